The highest BCUT2D eigenvalue weighted by molar-refractivity contribution is 5.65. The van der Waals surface area contributed by atoms with Crippen LogP contribution in [0.2, 0.25) is 0 Å². The van der Waals surface area contributed by atoms with Crippen LogP contribution in [0.25, 0.3) is 5.70 Å². The molecule has 0 aromatic heterocycles. The molecule has 0 amide bonds. The lowest BCUT2D eigenvalue weighted by molar-refractivity contribution is 0.584. The van der Waals surface area contributed by atoms with Gasteiger partial charge < -0.3 is 4.90 Å². The van der Waals surface area contributed by atoms with E-state index in [-0.39, 0.29) is 5.82 Å². The molecule has 0 N–H and O–H groups in total. The van der Waals surface area contributed by atoms with Gasteiger partial charge in [-0.1, -0.05) is 13.5 Å². The number of halogens is 1. The fraction of sp³-hybridized carbons (Fsp3) is 0.385. The van der Waals surface area contributed by atoms with E-state index in [9.17, 15) is 4.39 Å². The molecule has 0 saturated heterocycles. The van der Waals surface area contributed by atoms with Crippen molar-refractivity contribution in [1.82, 2.24) is 4.90 Å². The van der Waals surface area contributed by atoms with E-state index in [2.05, 4.69) is 6.58 Å². The molecule has 0 spiro atoms. The van der Waals surface area contributed by atoms with Crippen molar-refractivity contribution in [1.29, 1.82) is 0 Å². The Bertz CT molecular complexity index is 380. The Kier molecular flexibility index (Phi) is 3.51. The van der Waals surface area contributed by atoms with Crippen LogP contribution in [0.5, 0.6) is 0 Å². The zero-order chi connectivity index (χ0) is 11.6. The van der Waals surface area contributed by atoms with E-state index in [1.54, 1.807) is 6.07 Å². The average molecular weight is 207 g/mol. The van der Waals surface area contributed by atoms with E-state index in [1.165, 1.54) is 0 Å². The molecule has 0 aliphatic heterocycles. The van der Waals surface area contributed by atoms with Gasteiger partial charge in [-0.05, 0) is 36.6 Å². The van der Waals surface area contributed by atoms with Crippen LogP contribution in [0.15, 0.2) is 18.7 Å². The molecule has 0 aliphatic rings. The topological polar surface area (TPSA) is 3.24 Å². The van der Waals surface area contributed by atoms with E-state index < -0.39 is 0 Å². The van der Waals surface area contributed by atoms with Crippen LogP contribution in [0.4, 0.5) is 4.39 Å². The van der Waals surface area contributed by atoms with Crippen LogP contribution in [-0.2, 0) is 6.42 Å². The van der Waals surface area contributed by atoms with Crippen LogP contribution >= 0.6 is 0 Å². The van der Waals surface area contributed by atoms with Crippen LogP contribution < -0.4 is 0 Å². The second kappa shape index (κ2) is 4.47. The van der Waals surface area contributed by atoms with Gasteiger partial charge in [0.2, 0.25) is 0 Å². The molecule has 15 heavy (non-hydrogen) atoms. The predicted molar refractivity (Wildman–Crippen MR) is 63.2 cm³/mol. The molecule has 0 radical (unpaired) electrons. The van der Waals surface area contributed by atoms with Crippen molar-refractivity contribution >= 4 is 5.70 Å². The van der Waals surface area contributed by atoms with Crippen molar-refractivity contribution in [3.8, 4) is 0 Å². The molecule has 1 rings (SSSR count). The third-order valence-electron chi connectivity index (χ3n) is 2.54. The molecule has 2 heteroatoms. The standard InChI is InChI=1S/C13H18FN/c1-6-11-12(10(3)15(4)5)7-9(2)8-13(11)14/h7-8H,3,6H2,1-2,4-5H3. The van der Waals surface area contributed by atoms with Crippen molar-refractivity contribution in [3.63, 3.8) is 0 Å². The summed E-state index contributed by atoms with van der Waals surface area (Å²) in [6.07, 6.45) is 0.689. The molecule has 82 valence electrons. The van der Waals surface area contributed by atoms with Crippen molar-refractivity contribution in [2.45, 2.75) is 20.3 Å². The summed E-state index contributed by atoms with van der Waals surface area (Å²) >= 11 is 0. The van der Waals surface area contributed by atoms with Gasteiger partial charge in [-0.15, -0.1) is 0 Å². The quantitative estimate of drug-likeness (QED) is 0.735. The molecule has 0 unspecified atom stereocenters. The molecule has 0 bridgehead atoms. The minimum Gasteiger partial charge on any atom is -0.378 e. The highest BCUT2D eigenvalue weighted by Crippen LogP contribution is 2.24. The summed E-state index contributed by atoms with van der Waals surface area (Å²) in [6.45, 7) is 7.83. The van der Waals surface area contributed by atoms with Crippen molar-refractivity contribution in [3.05, 3.63) is 41.2 Å². The van der Waals surface area contributed by atoms with Gasteiger partial charge in [0.25, 0.3) is 0 Å². The van der Waals surface area contributed by atoms with Crippen LogP contribution in [0, 0.1) is 12.7 Å². The summed E-state index contributed by atoms with van der Waals surface area (Å²) < 4.78 is 13.7. The zero-order valence-electron chi connectivity index (χ0n) is 9.89. The lowest BCUT2D eigenvalue weighted by Gasteiger charge is -2.19. The normalized spacial score (nSPS) is 10.2. The Hall–Kier alpha value is -1.31. The molecule has 1 nitrogen and oxygen atoms in total. The van der Waals surface area contributed by atoms with Gasteiger partial charge in [0.05, 0.1) is 0 Å². The minimum absolute atomic E-state index is 0.129. The van der Waals surface area contributed by atoms with E-state index in [0.717, 1.165) is 22.4 Å². The van der Waals surface area contributed by atoms with E-state index in [4.69, 9.17) is 0 Å². The smallest absolute Gasteiger partial charge is 0.127 e. The van der Waals surface area contributed by atoms with Crippen molar-refractivity contribution < 1.29 is 4.39 Å². The number of nitrogens with zero attached hydrogens (tertiary/aromatic N) is 1. The lowest BCUT2D eigenvalue weighted by atomic mass is 9.99. The van der Waals surface area contributed by atoms with Crippen molar-refractivity contribution in [2.75, 3.05) is 14.1 Å². The summed E-state index contributed by atoms with van der Waals surface area (Å²) in [5.74, 6) is -0.129. The molecule has 1 aromatic carbocycles. The Balaban J connectivity index is 3.32. The molecule has 1 aromatic rings. The number of aryl methyl sites for hydroxylation is 1. The first-order valence-electron chi connectivity index (χ1n) is 5.13. The average Bonchev–Trinajstić information content (AvgIpc) is 2.15. The number of benzene rings is 1. The Morgan fingerprint density at radius 1 is 1.40 bits per heavy atom. The van der Waals surface area contributed by atoms with E-state index in [1.807, 2.05) is 38.9 Å². The predicted octanol–water partition coefficient (Wildman–Crippen LogP) is 3.23. The molecule has 0 fully saturated rings. The van der Waals surface area contributed by atoms with E-state index >= 15 is 0 Å². The maximum absolute atomic E-state index is 13.7. The SMILES string of the molecule is C=C(c1cc(C)cc(F)c1CC)N(C)C. The maximum atomic E-state index is 13.7. The molecule has 0 heterocycles. The van der Waals surface area contributed by atoms with Gasteiger partial charge in [-0.3, -0.25) is 0 Å². The number of hydrogen-bond acceptors (Lipinski definition) is 1. The first-order valence-corrected chi connectivity index (χ1v) is 5.13. The first kappa shape index (κ1) is 11.8. The van der Waals surface area contributed by atoms with Crippen LogP contribution in [-0.4, -0.2) is 19.0 Å². The summed E-state index contributed by atoms with van der Waals surface area (Å²) in [5, 5.41) is 0. The fourth-order valence-corrected chi connectivity index (χ4v) is 1.63. The third-order valence-corrected chi connectivity index (χ3v) is 2.54. The number of hydrogen-bond donors (Lipinski definition) is 0. The minimum atomic E-state index is -0.129. The molecule has 0 saturated carbocycles. The summed E-state index contributed by atoms with van der Waals surface area (Å²) in [7, 11) is 3.84. The molecular weight excluding hydrogens is 189 g/mol. The fourth-order valence-electron chi connectivity index (χ4n) is 1.63. The Labute approximate surface area is 91.2 Å². The van der Waals surface area contributed by atoms with E-state index in [0.29, 0.717) is 6.42 Å². The van der Waals surface area contributed by atoms with Gasteiger partial charge in [-0.25, -0.2) is 4.39 Å². The number of rotatable bonds is 3. The third kappa shape index (κ3) is 2.38. The first-order chi connectivity index (χ1) is 6.97. The largest absolute Gasteiger partial charge is 0.378 e. The van der Waals surface area contributed by atoms with Gasteiger partial charge in [0.15, 0.2) is 0 Å². The molecule has 0 aliphatic carbocycles. The monoisotopic (exact) mass is 207 g/mol. The Morgan fingerprint density at radius 3 is 2.47 bits per heavy atom. The Morgan fingerprint density at radius 2 is 2.00 bits per heavy atom. The highest BCUT2D eigenvalue weighted by Gasteiger charge is 2.11. The van der Waals surface area contributed by atoms with Gasteiger partial charge >= 0.3 is 0 Å². The maximum Gasteiger partial charge on any atom is 0.127 e. The second-order valence-electron chi connectivity index (χ2n) is 3.97. The van der Waals surface area contributed by atoms with Crippen LogP contribution in [0.3, 0.4) is 0 Å². The lowest BCUT2D eigenvalue weighted by Crippen LogP contribution is -2.11. The summed E-state index contributed by atoms with van der Waals surface area (Å²) in [4.78, 5) is 1.91. The van der Waals surface area contributed by atoms with Crippen LogP contribution in [0.1, 0.15) is 23.6 Å². The summed E-state index contributed by atoms with van der Waals surface area (Å²) in [6, 6.07) is 3.56. The zero-order valence-corrected chi connectivity index (χ0v) is 9.89. The molecular formula is C13H18FN. The molecule has 0 atom stereocenters. The highest BCUT2D eigenvalue weighted by atomic mass is 19.1. The second-order valence-corrected chi connectivity index (χ2v) is 3.97. The summed E-state index contributed by atoms with van der Waals surface area (Å²) in [5.41, 5.74) is 3.46. The van der Waals surface area contributed by atoms with Gasteiger partial charge in [0.1, 0.15) is 5.82 Å². The van der Waals surface area contributed by atoms with Gasteiger partial charge in [0, 0.05) is 25.4 Å². The van der Waals surface area contributed by atoms with Gasteiger partial charge in [-0.2, -0.15) is 0 Å². The van der Waals surface area contributed by atoms with Crippen molar-refractivity contribution in [2.24, 2.45) is 0 Å².